The van der Waals surface area contributed by atoms with Gasteiger partial charge in [0.05, 0.1) is 19.7 Å². The van der Waals surface area contributed by atoms with Crippen LogP contribution in [-0.2, 0) is 18.8 Å². The van der Waals surface area contributed by atoms with Crippen LogP contribution < -0.4 is 10.1 Å². The Morgan fingerprint density at radius 2 is 2.00 bits per heavy atom. The number of carbonyl (C=O) groups excluding carboxylic acids is 1. The molecule has 0 saturated heterocycles. The number of hydrogen-bond acceptors (Lipinski definition) is 2. The molecule has 1 fully saturated rings. The lowest BCUT2D eigenvalue weighted by Gasteiger charge is -2.17. The van der Waals surface area contributed by atoms with Crippen LogP contribution in [0.4, 0.5) is 9.18 Å². The molecule has 4 rings (SSSR count). The van der Waals surface area contributed by atoms with Crippen LogP contribution in [0.1, 0.15) is 23.1 Å². The second-order valence-electron chi connectivity index (χ2n) is 6.39. The van der Waals surface area contributed by atoms with E-state index in [-0.39, 0.29) is 6.03 Å². The van der Waals surface area contributed by atoms with Crippen molar-refractivity contribution in [3.63, 3.8) is 0 Å². The van der Waals surface area contributed by atoms with Crippen molar-refractivity contribution in [2.75, 3.05) is 7.11 Å². The van der Waals surface area contributed by atoms with Gasteiger partial charge in [0.2, 0.25) is 0 Å². The molecule has 2 aromatic rings. The fourth-order valence-corrected chi connectivity index (χ4v) is 3.40. The molecule has 24 heavy (non-hydrogen) atoms. The summed E-state index contributed by atoms with van der Waals surface area (Å²) in [5, 5.41) is 2.83. The molecule has 2 amide bonds. The molecule has 2 atom stereocenters. The van der Waals surface area contributed by atoms with Crippen LogP contribution >= 0.6 is 0 Å². The zero-order chi connectivity index (χ0) is 16.7. The average Bonchev–Trinajstić information content (AvgIpc) is 3.07. The van der Waals surface area contributed by atoms with Crippen LogP contribution in [0.3, 0.4) is 0 Å². The first kappa shape index (κ1) is 15.0. The Hall–Kier alpha value is -2.56. The molecular formula is C19H19FN2O2. The Morgan fingerprint density at radius 1 is 1.21 bits per heavy atom. The summed E-state index contributed by atoms with van der Waals surface area (Å²) >= 11 is 0. The van der Waals surface area contributed by atoms with Gasteiger partial charge in [-0.05, 0) is 17.2 Å². The maximum atomic E-state index is 14.9. The van der Waals surface area contributed by atoms with Crippen LogP contribution in [-0.4, -0.2) is 24.1 Å². The summed E-state index contributed by atoms with van der Waals surface area (Å²) in [5.74, 6) is 0.790. The Balaban J connectivity index is 1.42. The van der Waals surface area contributed by atoms with E-state index in [1.54, 1.807) is 24.1 Å². The predicted octanol–water partition coefficient (Wildman–Crippen LogP) is 3.36. The number of alkyl halides is 1. The quantitative estimate of drug-likeness (QED) is 0.940. The number of nitrogens with one attached hydrogen (secondary N) is 1. The molecular weight excluding hydrogens is 307 g/mol. The number of urea groups is 1. The molecule has 0 bridgehead atoms. The smallest absolute Gasteiger partial charge is 0.318 e. The molecule has 0 radical (unpaired) electrons. The zero-order valence-corrected chi connectivity index (χ0v) is 13.5. The number of halogens is 1. The van der Waals surface area contributed by atoms with Gasteiger partial charge >= 0.3 is 6.03 Å². The van der Waals surface area contributed by atoms with Crippen LogP contribution in [0.5, 0.6) is 5.75 Å². The van der Waals surface area contributed by atoms with E-state index in [2.05, 4.69) is 5.32 Å². The predicted molar refractivity (Wildman–Crippen MR) is 88.4 cm³/mol. The summed E-state index contributed by atoms with van der Waals surface area (Å²) in [4.78, 5) is 14.2. The highest BCUT2D eigenvalue weighted by Gasteiger charge is 2.58. The van der Waals surface area contributed by atoms with Crippen molar-refractivity contribution < 1.29 is 13.9 Å². The number of carbonyl (C=O) groups is 1. The molecule has 0 aromatic heterocycles. The normalized spacial score (nSPS) is 24.4. The summed E-state index contributed by atoms with van der Waals surface area (Å²) in [6.07, 6.45) is 0.326. The molecule has 2 aromatic carbocycles. The molecule has 1 aliphatic heterocycles. The minimum atomic E-state index is -1.44. The number of fused-ring (bicyclic) bond motifs is 1. The summed E-state index contributed by atoms with van der Waals surface area (Å²) in [5.41, 5.74) is 1.29. The van der Waals surface area contributed by atoms with Crippen LogP contribution in [0.15, 0.2) is 48.5 Å². The second-order valence-corrected chi connectivity index (χ2v) is 6.39. The van der Waals surface area contributed by atoms with Crippen LogP contribution in [0.25, 0.3) is 0 Å². The number of methoxy groups -OCH3 is 1. The van der Waals surface area contributed by atoms with Crippen molar-refractivity contribution in [1.82, 2.24) is 10.2 Å². The van der Waals surface area contributed by atoms with Crippen molar-refractivity contribution in [2.45, 2.75) is 31.2 Å². The van der Waals surface area contributed by atoms with Gasteiger partial charge < -0.3 is 15.0 Å². The van der Waals surface area contributed by atoms with E-state index in [9.17, 15) is 9.18 Å². The summed E-state index contributed by atoms with van der Waals surface area (Å²) < 4.78 is 20.2. The molecule has 4 nitrogen and oxygen atoms in total. The standard InChI is InChI=1S/C19H19FN2O2/c1-24-16-9-5-6-13-11-22(12-15(13)16)18(23)21-17-10-19(17,20)14-7-3-2-4-8-14/h2-9,17H,10-12H2,1H3,(H,21,23). The number of benzene rings is 2. The van der Waals surface area contributed by atoms with E-state index in [0.29, 0.717) is 25.1 Å². The monoisotopic (exact) mass is 326 g/mol. The van der Waals surface area contributed by atoms with Crippen molar-refractivity contribution in [2.24, 2.45) is 0 Å². The number of hydrogen-bond donors (Lipinski definition) is 1. The van der Waals surface area contributed by atoms with Crippen LogP contribution in [0, 0.1) is 0 Å². The van der Waals surface area contributed by atoms with E-state index in [4.69, 9.17) is 4.74 Å². The van der Waals surface area contributed by atoms with Crippen molar-refractivity contribution in [3.8, 4) is 5.75 Å². The summed E-state index contributed by atoms with van der Waals surface area (Å²) in [6, 6.07) is 14.1. The fraction of sp³-hybridized carbons (Fsp3) is 0.316. The molecule has 1 heterocycles. The lowest BCUT2D eigenvalue weighted by atomic mass is 10.1. The summed E-state index contributed by atoms with van der Waals surface area (Å²) in [7, 11) is 1.62. The molecule has 0 spiro atoms. The van der Waals surface area contributed by atoms with E-state index in [1.165, 1.54) is 0 Å². The van der Waals surface area contributed by atoms with Gasteiger partial charge in [0.15, 0.2) is 5.67 Å². The Labute approximate surface area is 140 Å². The van der Waals surface area contributed by atoms with E-state index < -0.39 is 11.7 Å². The highest BCUT2D eigenvalue weighted by Crippen LogP contribution is 2.49. The lowest BCUT2D eigenvalue weighted by Crippen LogP contribution is -2.39. The fourth-order valence-electron chi connectivity index (χ4n) is 3.40. The minimum Gasteiger partial charge on any atom is -0.496 e. The molecule has 5 heteroatoms. The Morgan fingerprint density at radius 3 is 2.75 bits per heavy atom. The highest BCUT2D eigenvalue weighted by atomic mass is 19.1. The molecule has 1 aliphatic carbocycles. The van der Waals surface area contributed by atoms with Gasteiger partial charge in [0.1, 0.15) is 5.75 Å². The summed E-state index contributed by atoms with van der Waals surface area (Å²) in [6.45, 7) is 1.01. The Kier molecular flexibility index (Phi) is 3.44. The SMILES string of the molecule is COc1cccc2c1CN(C(=O)NC1CC1(F)c1ccccc1)C2. The molecule has 124 valence electrons. The van der Waals surface area contributed by atoms with Gasteiger partial charge in [-0.1, -0.05) is 42.5 Å². The van der Waals surface area contributed by atoms with Gasteiger partial charge in [-0.15, -0.1) is 0 Å². The largest absolute Gasteiger partial charge is 0.496 e. The number of rotatable bonds is 3. The molecule has 2 aliphatic rings. The molecule has 1 saturated carbocycles. The van der Waals surface area contributed by atoms with Gasteiger partial charge in [-0.3, -0.25) is 0 Å². The third-order valence-corrected chi connectivity index (χ3v) is 4.89. The zero-order valence-electron chi connectivity index (χ0n) is 13.5. The molecule has 2 unspecified atom stereocenters. The van der Waals surface area contributed by atoms with Crippen molar-refractivity contribution >= 4 is 6.03 Å². The van der Waals surface area contributed by atoms with Crippen molar-refractivity contribution in [1.29, 1.82) is 0 Å². The number of amides is 2. The topological polar surface area (TPSA) is 41.6 Å². The van der Waals surface area contributed by atoms with E-state index in [1.807, 2.05) is 36.4 Å². The van der Waals surface area contributed by atoms with Gasteiger partial charge in [0.25, 0.3) is 0 Å². The minimum absolute atomic E-state index is 0.228. The number of nitrogens with zero attached hydrogens (tertiary/aromatic N) is 1. The third kappa shape index (κ3) is 2.40. The highest BCUT2D eigenvalue weighted by molar-refractivity contribution is 5.76. The first-order valence-electron chi connectivity index (χ1n) is 8.06. The lowest BCUT2D eigenvalue weighted by molar-refractivity contribution is 0.193. The average molecular weight is 326 g/mol. The maximum absolute atomic E-state index is 14.9. The van der Waals surface area contributed by atoms with Crippen LogP contribution in [0.2, 0.25) is 0 Å². The second kappa shape index (κ2) is 5.51. The van der Waals surface area contributed by atoms with Gasteiger partial charge in [-0.2, -0.15) is 0 Å². The molecule has 1 N–H and O–H groups in total. The Bertz CT molecular complexity index is 780. The van der Waals surface area contributed by atoms with E-state index in [0.717, 1.165) is 16.9 Å². The first-order valence-corrected chi connectivity index (χ1v) is 8.06. The van der Waals surface area contributed by atoms with Crippen molar-refractivity contribution in [3.05, 3.63) is 65.2 Å². The van der Waals surface area contributed by atoms with E-state index >= 15 is 0 Å². The number of ether oxygens (including phenoxy) is 1. The maximum Gasteiger partial charge on any atom is 0.318 e. The first-order chi connectivity index (χ1) is 11.6. The third-order valence-electron chi connectivity index (χ3n) is 4.89. The van der Waals surface area contributed by atoms with Gasteiger partial charge in [-0.25, -0.2) is 9.18 Å². The van der Waals surface area contributed by atoms with Gasteiger partial charge in [0, 0.05) is 18.5 Å².